The number of phenolic OH excluding ortho intramolecular Hbond substituents is 1. The van der Waals surface area contributed by atoms with Crippen LogP contribution in [0.1, 0.15) is 0 Å². The third kappa shape index (κ3) is 1.35. The van der Waals surface area contributed by atoms with Crippen molar-refractivity contribution in [1.29, 1.82) is 0 Å². The summed E-state index contributed by atoms with van der Waals surface area (Å²) in [6.07, 6.45) is 0. The van der Waals surface area contributed by atoms with Crippen LogP contribution >= 0.6 is 0 Å². The highest BCUT2D eigenvalue weighted by Gasteiger charge is 1.86. The molecule has 2 nitrogen and oxygen atoms in total. The number of anilines is 1. The Hall–Kier alpha value is -1.18. The van der Waals surface area contributed by atoms with Gasteiger partial charge in [-0.25, -0.2) is 0 Å². The van der Waals surface area contributed by atoms with Crippen LogP contribution in [0.25, 0.3) is 0 Å². The van der Waals surface area contributed by atoms with Gasteiger partial charge < -0.3 is 10.4 Å². The second-order valence-corrected chi connectivity index (χ2v) is 1.71. The molecule has 1 radical (unpaired) electrons. The Labute approximate surface area is 54.1 Å². The molecule has 0 heterocycles. The van der Waals surface area contributed by atoms with Gasteiger partial charge in [0, 0.05) is 18.8 Å². The lowest BCUT2D eigenvalue weighted by Crippen LogP contribution is -1.85. The fourth-order valence-electron chi connectivity index (χ4n) is 0.572. The molecule has 0 unspecified atom stereocenters. The van der Waals surface area contributed by atoms with Crippen LogP contribution in [-0.4, -0.2) is 12.2 Å². The highest BCUT2D eigenvalue weighted by molar-refractivity contribution is 5.44. The van der Waals surface area contributed by atoms with E-state index < -0.39 is 0 Å². The highest BCUT2D eigenvalue weighted by Crippen LogP contribution is 2.11. The van der Waals surface area contributed by atoms with Gasteiger partial charge in [-0.3, -0.25) is 0 Å². The van der Waals surface area contributed by atoms with Crippen LogP contribution < -0.4 is 5.32 Å². The fourth-order valence-corrected chi connectivity index (χ4v) is 0.572. The van der Waals surface area contributed by atoms with Gasteiger partial charge >= 0.3 is 0 Å². The first kappa shape index (κ1) is 5.95. The summed E-state index contributed by atoms with van der Waals surface area (Å²) in [7, 11) is 1.82. The molecule has 0 bridgehead atoms. The number of hydrogen-bond donors (Lipinski definition) is 2. The van der Waals surface area contributed by atoms with E-state index in [0.717, 1.165) is 5.69 Å². The molecule has 1 aromatic rings. The van der Waals surface area contributed by atoms with Gasteiger partial charge in [0.05, 0.1) is 0 Å². The van der Waals surface area contributed by atoms with E-state index in [1.54, 1.807) is 18.2 Å². The predicted molar refractivity (Wildman–Crippen MR) is 36.5 cm³/mol. The van der Waals surface area contributed by atoms with E-state index in [0.29, 0.717) is 0 Å². The van der Waals surface area contributed by atoms with E-state index in [4.69, 9.17) is 5.11 Å². The van der Waals surface area contributed by atoms with Crippen molar-refractivity contribution in [2.24, 2.45) is 0 Å². The van der Waals surface area contributed by atoms with Gasteiger partial charge in [0.1, 0.15) is 5.75 Å². The van der Waals surface area contributed by atoms with Crippen LogP contribution in [0.3, 0.4) is 0 Å². The Morgan fingerprint density at radius 2 is 2.33 bits per heavy atom. The SMILES string of the molecule is CNc1c[c]c(O)cc1. The van der Waals surface area contributed by atoms with Crippen LogP contribution in [0.5, 0.6) is 5.75 Å². The van der Waals surface area contributed by atoms with Gasteiger partial charge in [-0.05, 0) is 18.2 Å². The lowest BCUT2D eigenvalue weighted by molar-refractivity contribution is 0.474. The van der Waals surface area contributed by atoms with Crippen molar-refractivity contribution in [1.82, 2.24) is 0 Å². The summed E-state index contributed by atoms with van der Waals surface area (Å²) in [6.45, 7) is 0. The van der Waals surface area contributed by atoms with Crippen molar-refractivity contribution in [3.63, 3.8) is 0 Å². The maximum atomic E-state index is 8.77. The zero-order valence-corrected chi connectivity index (χ0v) is 5.18. The first-order valence-corrected chi connectivity index (χ1v) is 2.71. The van der Waals surface area contributed by atoms with Crippen molar-refractivity contribution in [2.75, 3.05) is 12.4 Å². The molecule has 0 saturated heterocycles. The number of aromatic hydroxyl groups is 1. The van der Waals surface area contributed by atoms with Crippen LogP contribution in [-0.2, 0) is 0 Å². The normalized spacial score (nSPS) is 9.00. The quantitative estimate of drug-likeness (QED) is 0.549. The maximum Gasteiger partial charge on any atom is 0.123 e. The van der Waals surface area contributed by atoms with E-state index in [1.807, 2.05) is 7.05 Å². The molecule has 0 aliphatic heterocycles. The van der Waals surface area contributed by atoms with Gasteiger partial charge in [0.15, 0.2) is 0 Å². The van der Waals surface area contributed by atoms with Crippen molar-refractivity contribution in [3.05, 3.63) is 24.3 Å². The zero-order valence-electron chi connectivity index (χ0n) is 5.18. The third-order valence-electron chi connectivity index (χ3n) is 1.08. The highest BCUT2D eigenvalue weighted by atomic mass is 16.3. The lowest BCUT2D eigenvalue weighted by Gasteiger charge is -1.96. The number of benzene rings is 1. The van der Waals surface area contributed by atoms with E-state index in [1.165, 1.54) is 0 Å². The Morgan fingerprint density at radius 1 is 1.56 bits per heavy atom. The summed E-state index contributed by atoms with van der Waals surface area (Å²) in [5.74, 6) is 0.175. The lowest BCUT2D eigenvalue weighted by atomic mass is 10.3. The van der Waals surface area contributed by atoms with E-state index in [2.05, 4.69) is 11.4 Å². The van der Waals surface area contributed by atoms with Gasteiger partial charge in [-0.15, -0.1) is 0 Å². The molecular formula is C7H8NO. The summed E-state index contributed by atoms with van der Waals surface area (Å²) in [5, 5.41) is 11.7. The second kappa shape index (κ2) is 2.40. The molecule has 0 aliphatic carbocycles. The summed E-state index contributed by atoms with van der Waals surface area (Å²) in [6, 6.07) is 7.71. The monoisotopic (exact) mass is 122 g/mol. The molecule has 1 aromatic carbocycles. The predicted octanol–water partition coefficient (Wildman–Crippen LogP) is 1.23. The van der Waals surface area contributed by atoms with E-state index >= 15 is 0 Å². The van der Waals surface area contributed by atoms with Gasteiger partial charge in [-0.2, -0.15) is 0 Å². The topological polar surface area (TPSA) is 32.3 Å². The molecule has 0 atom stereocenters. The van der Waals surface area contributed by atoms with Gasteiger partial charge in [-0.1, -0.05) is 0 Å². The summed E-state index contributed by atoms with van der Waals surface area (Å²) in [4.78, 5) is 0. The minimum absolute atomic E-state index is 0.175. The Balaban J connectivity index is 2.88. The zero-order chi connectivity index (χ0) is 6.69. The minimum Gasteiger partial charge on any atom is -0.507 e. The molecule has 2 N–H and O–H groups in total. The number of phenols is 1. The smallest absolute Gasteiger partial charge is 0.123 e. The first-order chi connectivity index (χ1) is 4.33. The Kier molecular flexibility index (Phi) is 1.58. The number of nitrogens with one attached hydrogen (secondary N) is 1. The fraction of sp³-hybridized carbons (Fsp3) is 0.143. The van der Waals surface area contributed by atoms with Crippen molar-refractivity contribution < 1.29 is 5.11 Å². The third-order valence-corrected chi connectivity index (χ3v) is 1.08. The Bertz CT molecular complexity index is 181. The molecule has 9 heavy (non-hydrogen) atoms. The van der Waals surface area contributed by atoms with Gasteiger partial charge in [0.2, 0.25) is 0 Å². The largest absolute Gasteiger partial charge is 0.507 e. The molecule has 2 heteroatoms. The van der Waals surface area contributed by atoms with Crippen LogP contribution in [0.4, 0.5) is 5.69 Å². The standard InChI is InChI=1S/C7H8NO/c1-8-6-2-4-7(9)5-3-6/h2-4,8-9H,1H3. The molecular weight excluding hydrogens is 114 g/mol. The van der Waals surface area contributed by atoms with Crippen LogP contribution in [0.15, 0.2) is 18.2 Å². The summed E-state index contributed by atoms with van der Waals surface area (Å²) >= 11 is 0. The van der Waals surface area contributed by atoms with E-state index in [-0.39, 0.29) is 5.75 Å². The second-order valence-electron chi connectivity index (χ2n) is 1.71. The average Bonchev–Trinajstić information content (AvgIpc) is 1.90. The average molecular weight is 122 g/mol. The molecule has 0 aliphatic rings. The van der Waals surface area contributed by atoms with Crippen molar-refractivity contribution in [3.8, 4) is 5.75 Å². The van der Waals surface area contributed by atoms with E-state index in [9.17, 15) is 0 Å². The minimum atomic E-state index is 0.175. The molecule has 0 amide bonds. The molecule has 0 saturated carbocycles. The molecule has 0 aromatic heterocycles. The summed E-state index contributed by atoms with van der Waals surface area (Å²) in [5.41, 5.74) is 0.952. The van der Waals surface area contributed by atoms with Gasteiger partial charge in [0.25, 0.3) is 0 Å². The number of hydrogen-bond acceptors (Lipinski definition) is 2. The van der Waals surface area contributed by atoms with Crippen molar-refractivity contribution >= 4 is 5.69 Å². The van der Waals surface area contributed by atoms with Crippen LogP contribution in [0, 0.1) is 6.07 Å². The first-order valence-electron chi connectivity index (χ1n) is 2.71. The van der Waals surface area contributed by atoms with Crippen molar-refractivity contribution in [2.45, 2.75) is 0 Å². The maximum absolute atomic E-state index is 8.77. The Morgan fingerprint density at radius 3 is 2.78 bits per heavy atom. The van der Waals surface area contributed by atoms with Crippen LogP contribution in [0.2, 0.25) is 0 Å². The number of rotatable bonds is 1. The summed E-state index contributed by atoms with van der Waals surface area (Å²) < 4.78 is 0. The molecule has 0 spiro atoms. The molecule has 0 fully saturated rings. The molecule has 1 rings (SSSR count). The molecule has 47 valence electrons.